The summed E-state index contributed by atoms with van der Waals surface area (Å²) in [6, 6.07) is 14.9. The molecule has 0 aromatic heterocycles. The summed E-state index contributed by atoms with van der Waals surface area (Å²) in [4.78, 5) is 29.1. The third-order valence-electron chi connectivity index (χ3n) is 4.57. The van der Waals surface area contributed by atoms with Gasteiger partial charge in [0.15, 0.2) is 0 Å². The maximum absolute atomic E-state index is 12.9. The average molecular weight is 351 g/mol. The van der Waals surface area contributed by atoms with Crippen LogP contribution in [0.25, 0.3) is 0 Å². The zero-order chi connectivity index (χ0) is 18.5. The minimum Gasteiger partial charge on any atom is -0.352 e. The highest BCUT2D eigenvalue weighted by molar-refractivity contribution is 6.08. The number of para-hydroxylation sites is 1. The van der Waals surface area contributed by atoms with Gasteiger partial charge in [0.2, 0.25) is 0 Å². The second-order valence-corrected chi connectivity index (χ2v) is 6.83. The second-order valence-electron chi connectivity index (χ2n) is 6.83. The number of carbonyl (C=O) groups is 2. The Morgan fingerprint density at radius 3 is 2.65 bits per heavy atom. The first-order valence-corrected chi connectivity index (χ1v) is 8.99. The smallest absolute Gasteiger partial charge is 0.258 e. The molecule has 136 valence electrons. The van der Waals surface area contributed by atoms with E-state index in [0.29, 0.717) is 24.2 Å². The minimum atomic E-state index is -0.139. The van der Waals surface area contributed by atoms with Crippen LogP contribution >= 0.6 is 0 Å². The van der Waals surface area contributed by atoms with Gasteiger partial charge in [-0.05, 0) is 63.3 Å². The molecule has 0 unspecified atom stereocenters. The summed E-state index contributed by atoms with van der Waals surface area (Å²) >= 11 is 0. The van der Waals surface area contributed by atoms with Crippen LogP contribution in [0.5, 0.6) is 0 Å². The SMILES string of the molecule is CN(C)CCCNC(=O)c1cccc(C(=O)N2CCc3ccccc32)c1. The van der Waals surface area contributed by atoms with Crippen LogP contribution in [0.3, 0.4) is 0 Å². The number of fused-ring (bicyclic) bond motifs is 1. The zero-order valence-corrected chi connectivity index (χ0v) is 15.4. The van der Waals surface area contributed by atoms with Crippen molar-refractivity contribution in [2.24, 2.45) is 0 Å². The van der Waals surface area contributed by atoms with Gasteiger partial charge in [0.1, 0.15) is 0 Å². The van der Waals surface area contributed by atoms with E-state index in [2.05, 4.69) is 16.3 Å². The largest absolute Gasteiger partial charge is 0.352 e. The van der Waals surface area contributed by atoms with Crippen molar-refractivity contribution in [1.29, 1.82) is 0 Å². The summed E-state index contributed by atoms with van der Waals surface area (Å²) < 4.78 is 0. The van der Waals surface area contributed by atoms with E-state index >= 15 is 0 Å². The maximum atomic E-state index is 12.9. The summed E-state index contributed by atoms with van der Waals surface area (Å²) in [5.41, 5.74) is 3.22. The van der Waals surface area contributed by atoms with Crippen LogP contribution in [0.2, 0.25) is 0 Å². The summed E-state index contributed by atoms with van der Waals surface area (Å²) in [6.07, 6.45) is 1.76. The Balaban J connectivity index is 1.67. The van der Waals surface area contributed by atoms with Crippen LogP contribution < -0.4 is 10.2 Å². The van der Waals surface area contributed by atoms with E-state index in [0.717, 1.165) is 25.1 Å². The molecule has 2 aromatic rings. The molecule has 0 saturated carbocycles. The Labute approximate surface area is 154 Å². The van der Waals surface area contributed by atoms with Gasteiger partial charge in [0.25, 0.3) is 11.8 Å². The van der Waals surface area contributed by atoms with E-state index in [9.17, 15) is 9.59 Å². The monoisotopic (exact) mass is 351 g/mol. The van der Waals surface area contributed by atoms with Gasteiger partial charge in [-0.2, -0.15) is 0 Å². The minimum absolute atomic E-state index is 0.0581. The number of nitrogens with zero attached hydrogens (tertiary/aromatic N) is 2. The molecular formula is C21H25N3O2. The molecule has 0 saturated heterocycles. The average Bonchev–Trinajstić information content (AvgIpc) is 3.08. The molecule has 0 aliphatic carbocycles. The lowest BCUT2D eigenvalue weighted by atomic mass is 10.1. The lowest BCUT2D eigenvalue weighted by molar-refractivity contribution is 0.0952. The van der Waals surface area contributed by atoms with Crippen molar-refractivity contribution in [3.05, 3.63) is 65.2 Å². The fourth-order valence-corrected chi connectivity index (χ4v) is 3.20. The molecule has 3 rings (SSSR count). The van der Waals surface area contributed by atoms with E-state index in [-0.39, 0.29) is 11.8 Å². The van der Waals surface area contributed by atoms with Crippen molar-refractivity contribution in [2.75, 3.05) is 38.6 Å². The van der Waals surface area contributed by atoms with Crippen LogP contribution in [0.1, 0.15) is 32.7 Å². The summed E-state index contributed by atoms with van der Waals surface area (Å²) in [5, 5.41) is 2.92. The molecule has 5 heteroatoms. The molecule has 5 nitrogen and oxygen atoms in total. The number of amides is 2. The summed E-state index contributed by atoms with van der Waals surface area (Å²) in [6.45, 7) is 2.22. The van der Waals surface area contributed by atoms with Crippen molar-refractivity contribution in [2.45, 2.75) is 12.8 Å². The molecule has 2 aromatic carbocycles. The van der Waals surface area contributed by atoms with Gasteiger partial charge >= 0.3 is 0 Å². The quantitative estimate of drug-likeness (QED) is 0.814. The molecule has 0 atom stereocenters. The van der Waals surface area contributed by atoms with E-state index in [4.69, 9.17) is 0 Å². The van der Waals surface area contributed by atoms with E-state index < -0.39 is 0 Å². The number of anilines is 1. The highest BCUT2D eigenvalue weighted by atomic mass is 16.2. The van der Waals surface area contributed by atoms with Crippen LogP contribution in [-0.4, -0.2) is 50.4 Å². The molecule has 0 spiro atoms. The van der Waals surface area contributed by atoms with Gasteiger partial charge in [-0.3, -0.25) is 9.59 Å². The zero-order valence-electron chi connectivity index (χ0n) is 15.4. The normalized spacial score (nSPS) is 13.0. The van der Waals surface area contributed by atoms with E-state index in [1.54, 1.807) is 29.2 Å². The van der Waals surface area contributed by atoms with Gasteiger partial charge in [0, 0.05) is 29.9 Å². The van der Waals surface area contributed by atoms with Crippen molar-refractivity contribution in [3.63, 3.8) is 0 Å². The summed E-state index contributed by atoms with van der Waals surface area (Å²) in [7, 11) is 4.01. The topological polar surface area (TPSA) is 52.7 Å². The molecule has 1 aliphatic heterocycles. The summed E-state index contributed by atoms with van der Waals surface area (Å²) in [5.74, 6) is -0.197. The number of hydrogen-bond acceptors (Lipinski definition) is 3. The van der Waals surface area contributed by atoms with Gasteiger partial charge < -0.3 is 15.1 Å². The lowest BCUT2D eigenvalue weighted by Crippen LogP contribution is -2.30. The van der Waals surface area contributed by atoms with Crippen molar-refractivity contribution < 1.29 is 9.59 Å². The number of benzene rings is 2. The number of rotatable bonds is 6. The Hall–Kier alpha value is -2.66. The standard InChI is InChI=1S/C21H25N3O2/c1-23(2)13-6-12-22-20(25)17-8-5-9-18(15-17)21(26)24-14-11-16-7-3-4-10-19(16)24/h3-5,7-10,15H,6,11-14H2,1-2H3,(H,22,25). The van der Waals surface area contributed by atoms with Gasteiger partial charge in [-0.15, -0.1) is 0 Å². The molecule has 1 heterocycles. The van der Waals surface area contributed by atoms with Crippen molar-refractivity contribution in [1.82, 2.24) is 10.2 Å². The number of carbonyl (C=O) groups excluding carboxylic acids is 2. The Kier molecular flexibility index (Phi) is 5.68. The molecular weight excluding hydrogens is 326 g/mol. The van der Waals surface area contributed by atoms with Crippen molar-refractivity contribution >= 4 is 17.5 Å². The molecule has 0 fully saturated rings. The molecule has 26 heavy (non-hydrogen) atoms. The first-order chi connectivity index (χ1) is 12.6. The molecule has 1 aliphatic rings. The highest BCUT2D eigenvalue weighted by Crippen LogP contribution is 2.28. The fraction of sp³-hybridized carbons (Fsp3) is 0.333. The molecule has 0 radical (unpaired) electrons. The third kappa shape index (κ3) is 4.11. The predicted octanol–water partition coefficient (Wildman–Crippen LogP) is 2.57. The van der Waals surface area contributed by atoms with Gasteiger partial charge in [0.05, 0.1) is 0 Å². The van der Waals surface area contributed by atoms with Gasteiger partial charge in [-0.25, -0.2) is 0 Å². The maximum Gasteiger partial charge on any atom is 0.258 e. The molecule has 2 amide bonds. The lowest BCUT2D eigenvalue weighted by Gasteiger charge is -2.17. The van der Waals surface area contributed by atoms with Crippen LogP contribution in [-0.2, 0) is 6.42 Å². The first kappa shape index (κ1) is 18.1. The van der Waals surface area contributed by atoms with Crippen molar-refractivity contribution in [3.8, 4) is 0 Å². The first-order valence-electron chi connectivity index (χ1n) is 8.99. The Morgan fingerprint density at radius 2 is 1.85 bits per heavy atom. The molecule has 1 N–H and O–H groups in total. The fourth-order valence-electron chi connectivity index (χ4n) is 3.20. The Morgan fingerprint density at radius 1 is 1.08 bits per heavy atom. The molecule has 0 bridgehead atoms. The van der Waals surface area contributed by atoms with E-state index in [1.165, 1.54) is 5.56 Å². The second kappa shape index (κ2) is 8.15. The van der Waals surface area contributed by atoms with E-state index in [1.807, 2.05) is 32.3 Å². The van der Waals surface area contributed by atoms with Crippen LogP contribution in [0.15, 0.2) is 48.5 Å². The third-order valence-corrected chi connectivity index (χ3v) is 4.57. The number of hydrogen-bond donors (Lipinski definition) is 1. The van der Waals surface area contributed by atoms with Crippen LogP contribution in [0.4, 0.5) is 5.69 Å². The van der Waals surface area contributed by atoms with Crippen LogP contribution in [0, 0.1) is 0 Å². The highest BCUT2D eigenvalue weighted by Gasteiger charge is 2.25. The predicted molar refractivity (Wildman–Crippen MR) is 104 cm³/mol. The number of nitrogens with one attached hydrogen (secondary N) is 1. The van der Waals surface area contributed by atoms with Gasteiger partial charge in [-0.1, -0.05) is 24.3 Å². The Bertz CT molecular complexity index is 801.